The van der Waals surface area contributed by atoms with E-state index in [1.807, 2.05) is 18.2 Å². The molecule has 0 aliphatic heterocycles. The number of thiophene rings is 1. The summed E-state index contributed by atoms with van der Waals surface area (Å²) in [6.07, 6.45) is 0. The zero-order valence-electron chi connectivity index (χ0n) is 7.86. The first-order valence-electron chi connectivity index (χ1n) is 4.18. The Morgan fingerprint density at radius 2 is 1.79 bits per heavy atom. The van der Waals surface area contributed by atoms with Crippen LogP contribution in [0.5, 0.6) is 0 Å². The summed E-state index contributed by atoms with van der Waals surface area (Å²) in [5, 5.41) is 0. The molecule has 3 heteroatoms. The lowest BCUT2D eigenvalue weighted by Crippen LogP contribution is -1.86. The number of nitrogen functional groups attached to an aromatic ring is 1. The van der Waals surface area contributed by atoms with Gasteiger partial charge in [0, 0.05) is 21.0 Å². The molecule has 0 unspecified atom stereocenters. The molecule has 0 aliphatic carbocycles. The van der Waals surface area contributed by atoms with Gasteiger partial charge in [0.2, 0.25) is 0 Å². The van der Waals surface area contributed by atoms with Gasteiger partial charge in [-0.3, -0.25) is 0 Å². The zero-order valence-corrected chi connectivity index (χ0v) is 9.49. The van der Waals surface area contributed by atoms with Gasteiger partial charge in [0.05, 0.1) is 0 Å². The van der Waals surface area contributed by atoms with Crippen LogP contribution in [0.4, 0.5) is 5.69 Å². The van der Waals surface area contributed by atoms with Gasteiger partial charge in [-0.25, -0.2) is 0 Å². The number of halogens is 1. The number of para-hydroxylation sites is 1. The summed E-state index contributed by atoms with van der Waals surface area (Å²) in [7, 11) is 0. The second-order valence-electron chi connectivity index (χ2n) is 3.00. The Morgan fingerprint density at radius 3 is 2.36 bits per heavy atom. The number of rotatable bonds is 1. The Kier molecular flexibility index (Phi) is 3.55. The van der Waals surface area contributed by atoms with Gasteiger partial charge in [-0.2, -0.15) is 0 Å². The number of aryl methyl sites for hydroxylation is 1. The molecule has 14 heavy (non-hydrogen) atoms. The zero-order chi connectivity index (χ0) is 9.26. The third kappa shape index (κ3) is 2.08. The lowest BCUT2D eigenvalue weighted by atomic mass is 10.1. The Balaban J connectivity index is 0.000000980. The predicted octanol–water partition coefficient (Wildman–Crippen LogP) is 3.73. The van der Waals surface area contributed by atoms with E-state index in [9.17, 15) is 0 Å². The van der Waals surface area contributed by atoms with E-state index in [2.05, 4.69) is 25.1 Å². The highest BCUT2D eigenvalue weighted by atomic mass is 35.5. The molecule has 0 spiro atoms. The van der Waals surface area contributed by atoms with Gasteiger partial charge in [-0.1, -0.05) is 18.2 Å². The molecule has 0 fully saturated rings. The van der Waals surface area contributed by atoms with Crippen LogP contribution in [0.25, 0.3) is 10.4 Å². The average Bonchev–Trinajstić information content (AvgIpc) is 2.53. The van der Waals surface area contributed by atoms with Crippen LogP contribution < -0.4 is 5.73 Å². The molecule has 74 valence electrons. The van der Waals surface area contributed by atoms with Crippen molar-refractivity contribution in [3.05, 3.63) is 41.3 Å². The summed E-state index contributed by atoms with van der Waals surface area (Å²) in [6.45, 7) is 2.10. The van der Waals surface area contributed by atoms with Gasteiger partial charge >= 0.3 is 0 Å². The van der Waals surface area contributed by atoms with Crippen LogP contribution in [0, 0.1) is 6.92 Å². The van der Waals surface area contributed by atoms with Gasteiger partial charge < -0.3 is 5.73 Å². The standard InChI is InChI=1S/C11H11NS.ClH/c1-8-6-7-11(13-8)9-4-2-3-5-10(9)12;/h2-7H,12H2,1H3;1H. The first-order chi connectivity index (χ1) is 6.27. The smallest absolute Gasteiger partial charge is 0.0401 e. The van der Waals surface area contributed by atoms with E-state index in [1.54, 1.807) is 11.3 Å². The summed E-state index contributed by atoms with van der Waals surface area (Å²) in [4.78, 5) is 2.56. The van der Waals surface area contributed by atoms with Gasteiger partial charge in [0.15, 0.2) is 0 Å². The van der Waals surface area contributed by atoms with E-state index in [0.29, 0.717) is 0 Å². The SMILES string of the molecule is Cc1ccc(-c2ccccc2N)s1.Cl. The molecule has 1 aromatic heterocycles. The Morgan fingerprint density at radius 1 is 1.07 bits per heavy atom. The van der Waals surface area contributed by atoms with E-state index < -0.39 is 0 Å². The highest BCUT2D eigenvalue weighted by Crippen LogP contribution is 2.31. The van der Waals surface area contributed by atoms with Crippen molar-refractivity contribution in [1.82, 2.24) is 0 Å². The summed E-state index contributed by atoms with van der Waals surface area (Å²) in [6, 6.07) is 12.2. The highest BCUT2D eigenvalue weighted by Gasteiger charge is 2.02. The van der Waals surface area contributed by atoms with Gasteiger partial charge in [-0.15, -0.1) is 23.7 Å². The van der Waals surface area contributed by atoms with Crippen LogP contribution in [0.2, 0.25) is 0 Å². The van der Waals surface area contributed by atoms with Crippen molar-refractivity contribution < 1.29 is 0 Å². The number of hydrogen-bond donors (Lipinski definition) is 1. The number of nitrogens with two attached hydrogens (primary N) is 1. The third-order valence-corrected chi connectivity index (χ3v) is 3.00. The van der Waals surface area contributed by atoms with Gasteiger partial charge in [0.25, 0.3) is 0 Å². The van der Waals surface area contributed by atoms with E-state index in [-0.39, 0.29) is 12.4 Å². The van der Waals surface area contributed by atoms with Crippen molar-refractivity contribution >= 4 is 29.4 Å². The Bertz CT molecular complexity index is 423. The van der Waals surface area contributed by atoms with Gasteiger partial charge in [0.1, 0.15) is 0 Å². The molecular formula is C11H12ClNS. The van der Waals surface area contributed by atoms with Crippen molar-refractivity contribution in [2.24, 2.45) is 0 Å². The van der Waals surface area contributed by atoms with Crippen LogP contribution >= 0.6 is 23.7 Å². The number of benzene rings is 1. The summed E-state index contributed by atoms with van der Waals surface area (Å²) in [5.74, 6) is 0. The largest absolute Gasteiger partial charge is 0.398 e. The number of hydrogen-bond acceptors (Lipinski definition) is 2. The fourth-order valence-electron chi connectivity index (χ4n) is 1.30. The molecule has 0 radical (unpaired) electrons. The van der Waals surface area contributed by atoms with Crippen LogP contribution in [0.15, 0.2) is 36.4 Å². The van der Waals surface area contributed by atoms with E-state index in [4.69, 9.17) is 5.73 Å². The third-order valence-electron chi connectivity index (χ3n) is 1.97. The van der Waals surface area contributed by atoms with Crippen LogP contribution in [-0.2, 0) is 0 Å². The minimum Gasteiger partial charge on any atom is -0.398 e. The molecule has 0 aliphatic rings. The van der Waals surface area contributed by atoms with Crippen molar-refractivity contribution in [2.45, 2.75) is 6.92 Å². The molecule has 1 heterocycles. The Hall–Kier alpha value is -0.990. The Labute approximate surface area is 94.0 Å². The van der Waals surface area contributed by atoms with Crippen LogP contribution in [0.1, 0.15) is 4.88 Å². The molecule has 1 aromatic carbocycles. The molecule has 0 saturated heterocycles. The van der Waals surface area contributed by atoms with E-state index >= 15 is 0 Å². The highest BCUT2D eigenvalue weighted by molar-refractivity contribution is 7.15. The monoisotopic (exact) mass is 225 g/mol. The predicted molar refractivity (Wildman–Crippen MR) is 66.2 cm³/mol. The lowest BCUT2D eigenvalue weighted by Gasteiger charge is -2.00. The minimum atomic E-state index is 0. The molecule has 1 nitrogen and oxygen atoms in total. The summed E-state index contributed by atoms with van der Waals surface area (Å²) in [5.41, 5.74) is 7.86. The van der Waals surface area contributed by atoms with Crippen LogP contribution in [0.3, 0.4) is 0 Å². The van der Waals surface area contributed by atoms with Crippen LogP contribution in [-0.4, -0.2) is 0 Å². The molecule has 0 amide bonds. The average molecular weight is 226 g/mol. The fraction of sp³-hybridized carbons (Fsp3) is 0.0909. The molecule has 2 aromatic rings. The summed E-state index contributed by atoms with van der Waals surface area (Å²) >= 11 is 1.77. The van der Waals surface area contributed by atoms with Crippen molar-refractivity contribution in [1.29, 1.82) is 0 Å². The number of anilines is 1. The second-order valence-corrected chi connectivity index (χ2v) is 4.29. The van der Waals surface area contributed by atoms with Crippen molar-refractivity contribution in [2.75, 3.05) is 5.73 Å². The topological polar surface area (TPSA) is 26.0 Å². The maximum atomic E-state index is 5.87. The maximum Gasteiger partial charge on any atom is 0.0401 e. The second kappa shape index (κ2) is 4.49. The minimum absolute atomic E-state index is 0. The first kappa shape index (κ1) is 11.1. The molecule has 0 bridgehead atoms. The molecular weight excluding hydrogens is 214 g/mol. The normalized spacial score (nSPS) is 9.50. The molecule has 0 atom stereocenters. The molecule has 2 rings (SSSR count). The van der Waals surface area contributed by atoms with E-state index in [0.717, 1.165) is 11.3 Å². The molecule has 0 saturated carbocycles. The van der Waals surface area contributed by atoms with Gasteiger partial charge in [-0.05, 0) is 25.1 Å². The first-order valence-corrected chi connectivity index (χ1v) is 5.00. The molecule has 2 N–H and O–H groups in total. The van der Waals surface area contributed by atoms with Crippen molar-refractivity contribution in [3.8, 4) is 10.4 Å². The lowest BCUT2D eigenvalue weighted by molar-refractivity contribution is 1.64. The maximum absolute atomic E-state index is 5.87. The fourth-order valence-corrected chi connectivity index (χ4v) is 2.22. The van der Waals surface area contributed by atoms with Crippen molar-refractivity contribution in [3.63, 3.8) is 0 Å². The summed E-state index contributed by atoms with van der Waals surface area (Å²) < 4.78 is 0. The quantitative estimate of drug-likeness (QED) is 0.736. The van der Waals surface area contributed by atoms with E-state index in [1.165, 1.54) is 9.75 Å².